The maximum absolute atomic E-state index is 10.4. The van der Waals surface area contributed by atoms with Crippen LogP contribution >= 0.6 is 0 Å². The Labute approximate surface area is 87.3 Å². The van der Waals surface area contributed by atoms with Gasteiger partial charge in [0.05, 0.1) is 0 Å². The molecule has 2 heterocycles. The maximum Gasteiger partial charge on any atom is 0.250 e. The number of nitrogens with one attached hydrogen (secondary N) is 1. The van der Waals surface area contributed by atoms with E-state index in [2.05, 4.69) is 19.9 Å². The van der Waals surface area contributed by atoms with Gasteiger partial charge in [-0.3, -0.25) is 4.79 Å². The third-order valence-electron chi connectivity index (χ3n) is 1.49. The molecule has 5 nitrogen and oxygen atoms in total. The maximum atomic E-state index is 10.4. The number of hydrogen-bond acceptors (Lipinski definition) is 4. The fraction of sp³-hybridized carbons (Fsp3) is 0.200. The van der Waals surface area contributed by atoms with E-state index < -0.39 is 0 Å². The van der Waals surface area contributed by atoms with Crippen molar-refractivity contribution >= 4 is 0 Å². The Kier molecular flexibility index (Phi) is 4.15. The molecule has 0 spiro atoms. The highest BCUT2D eigenvalue weighted by atomic mass is 16.1. The van der Waals surface area contributed by atoms with E-state index in [1.165, 1.54) is 12.3 Å². The molecule has 0 unspecified atom stereocenters. The number of hydrogen-bond donors (Lipinski definition) is 1. The molecular formula is C10H12N4O. The molecule has 0 bridgehead atoms. The second kappa shape index (κ2) is 5.64. The number of rotatable bonds is 0. The van der Waals surface area contributed by atoms with Crippen LogP contribution < -0.4 is 5.56 Å². The van der Waals surface area contributed by atoms with Crippen molar-refractivity contribution in [1.82, 2.24) is 19.9 Å². The van der Waals surface area contributed by atoms with Crippen LogP contribution in [0, 0.1) is 13.8 Å². The van der Waals surface area contributed by atoms with E-state index in [-0.39, 0.29) is 5.56 Å². The topological polar surface area (TPSA) is 71.5 Å². The van der Waals surface area contributed by atoms with Gasteiger partial charge in [-0.15, -0.1) is 0 Å². The summed E-state index contributed by atoms with van der Waals surface area (Å²) in [6, 6.07) is 3.18. The van der Waals surface area contributed by atoms with Gasteiger partial charge in [-0.05, 0) is 19.9 Å². The number of H-pyrrole nitrogens is 1. The van der Waals surface area contributed by atoms with E-state index in [1.807, 2.05) is 6.92 Å². The van der Waals surface area contributed by atoms with E-state index in [1.54, 1.807) is 25.4 Å². The molecule has 2 aromatic rings. The van der Waals surface area contributed by atoms with Crippen LogP contribution in [-0.2, 0) is 0 Å². The van der Waals surface area contributed by atoms with Crippen molar-refractivity contribution in [2.24, 2.45) is 0 Å². The summed E-state index contributed by atoms with van der Waals surface area (Å²) in [5, 5.41) is 0. The zero-order chi connectivity index (χ0) is 11.1. The van der Waals surface area contributed by atoms with Gasteiger partial charge in [0.25, 0.3) is 5.56 Å². The lowest BCUT2D eigenvalue weighted by Crippen LogP contribution is -2.05. The highest BCUT2D eigenvalue weighted by Gasteiger charge is 1.80. The predicted molar refractivity (Wildman–Crippen MR) is 56.4 cm³/mol. The standard InChI is InChI=1S/C5H6N2O.C5H6N2/c1-4-6-3-2-5(8)7-4;1-5-6-3-2-4-7-5/h2-3H,1H3,(H,6,7,8);2-4H,1H3. The molecule has 0 aliphatic rings. The highest BCUT2D eigenvalue weighted by Crippen LogP contribution is 1.78. The Hall–Kier alpha value is -2.04. The molecule has 0 fully saturated rings. The van der Waals surface area contributed by atoms with Gasteiger partial charge in [-0.1, -0.05) is 0 Å². The molecule has 0 aliphatic heterocycles. The third kappa shape index (κ3) is 4.66. The predicted octanol–water partition coefficient (Wildman–Crippen LogP) is 0.863. The van der Waals surface area contributed by atoms with Gasteiger partial charge < -0.3 is 4.98 Å². The fourth-order valence-corrected chi connectivity index (χ4v) is 0.843. The van der Waals surface area contributed by atoms with Gasteiger partial charge in [-0.2, -0.15) is 0 Å². The lowest BCUT2D eigenvalue weighted by molar-refractivity contribution is 1.02. The van der Waals surface area contributed by atoms with Crippen LogP contribution in [0.4, 0.5) is 0 Å². The molecule has 1 N–H and O–H groups in total. The molecule has 0 aliphatic carbocycles. The highest BCUT2D eigenvalue weighted by molar-refractivity contribution is 4.85. The third-order valence-corrected chi connectivity index (χ3v) is 1.49. The summed E-state index contributed by atoms with van der Waals surface area (Å²) in [6.07, 6.45) is 4.93. The van der Waals surface area contributed by atoms with Crippen LogP contribution in [0.3, 0.4) is 0 Å². The largest absolute Gasteiger partial charge is 0.311 e. The minimum absolute atomic E-state index is 0.0995. The van der Waals surface area contributed by atoms with Crippen molar-refractivity contribution in [2.75, 3.05) is 0 Å². The normalized spacial score (nSPS) is 8.93. The first kappa shape index (κ1) is 11.0. The molecule has 0 aromatic carbocycles. The summed E-state index contributed by atoms with van der Waals surface area (Å²) in [4.78, 5) is 24.4. The Morgan fingerprint density at radius 3 is 2.07 bits per heavy atom. The second-order valence-electron chi connectivity index (χ2n) is 2.82. The number of aryl methyl sites for hydroxylation is 2. The lowest BCUT2D eigenvalue weighted by atomic mass is 10.6. The van der Waals surface area contributed by atoms with Crippen molar-refractivity contribution in [2.45, 2.75) is 13.8 Å². The Morgan fingerprint density at radius 2 is 1.73 bits per heavy atom. The van der Waals surface area contributed by atoms with E-state index in [0.717, 1.165) is 5.82 Å². The summed E-state index contributed by atoms with van der Waals surface area (Å²) in [5.74, 6) is 1.47. The summed E-state index contributed by atoms with van der Waals surface area (Å²) in [6.45, 7) is 3.60. The Bertz CT molecular complexity index is 452. The molecule has 0 saturated carbocycles. The first-order chi connectivity index (χ1) is 7.18. The van der Waals surface area contributed by atoms with Crippen LogP contribution in [0.5, 0.6) is 0 Å². The smallest absolute Gasteiger partial charge is 0.250 e. The van der Waals surface area contributed by atoms with Crippen molar-refractivity contribution in [3.05, 3.63) is 52.7 Å². The summed E-state index contributed by atoms with van der Waals surface area (Å²) in [7, 11) is 0. The second-order valence-corrected chi connectivity index (χ2v) is 2.82. The summed E-state index contributed by atoms with van der Waals surface area (Å²) < 4.78 is 0. The van der Waals surface area contributed by atoms with Gasteiger partial charge in [-0.25, -0.2) is 15.0 Å². The Balaban J connectivity index is 0.000000151. The van der Waals surface area contributed by atoms with Crippen molar-refractivity contribution < 1.29 is 0 Å². The molecule has 0 amide bonds. The van der Waals surface area contributed by atoms with E-state index in [0.29, 0.717) is 5.82 Å². The average molecular weight is 204 g/mol. The minimum atomic E-state index is -0.0995. The summed E-state index contributed by atoms with van der Waals surface area (Å²) >= 11 is 0. The molecule has 0 radical (unpaired) electrons. The first-order valence-corrected chi connectivity index (χ1v) is 4.44. The van der Waals surface area contributed by atoms with Crippen LogP contribution in [0.25, 0.3) is 0 Å². The van der Waals surface area contributed by atoms with Crippen LogP contribution in [0.2, 0.25) is 0 Å². The number of aromatic amines is 1. The molecule has 0 atom stereocenters. The summed E-state index contributed by atoms with van der Waals surface area (Å²) in [5.41, 5.74) is -0.0995. The van der Waals surface area contributed by atoms with E-state index in [9.17, 15) is 4.79 Å². The van der Waals surface area contributed by atoms with Crippen LogP contribution in [-0.4, -0.2) is 19.9 Å². The van der Waals surface area contributed by atoms with Gasteiger partial charge in [0, 0.05) is 24.7 Å². The fourth-order valence-electron chi connectivity index (χ4n) is 0.843. The van der Waals surface area contributed by atoms with Crippen molar-refractivity contribution in [1.29, 1.82) is 0 Å². The van der Waals surface area contributed by atoms with E-state index in [4.69, 9.17) is 0 Å². The SMILES string of the molecule is Cc1nccc(=O)[nH]1.Cc1ncccn1. The van der Waals surface area contributed by atoms with Crippen LogP contribution in [0.1, 0.15) is 11.6 Å². The molecule has 5 heteroatoms. The van der Waals surface area contributed by atoms with Gasteiger partial charge in [0.2, 0.25) is 0 Å². The zero-order valence-corrected chi connectivity index (χ0v) is 8.64. The zero-order valence-electron chi connectivity index (χ0n) is 8.64. The van der Waals surface area contributed by atoms with Crippen LogP contribution in [0.15, 0.2) is 35.5 Å². The quantitative estimate of drug-likeness (QED) is 0.691. The number of aromatic nitrogens is 4. The molecule has 2 rings (SSSR count). The number of nitrogens with zero attached hydrogens (tertiary/aromatic N) is 3. The van der Waals surface area contributed by atoms with E-state index >= 15 is 0 Å². The molecular weight excluding hydrogens is 192 g/mol. The monoisotopic (exact) mass is 204 g/mol. The average Bonchev–Trinajstić information content (AvgIpc) is 2.19. The van der Waals surface area contributed by atoms with Crippen molar-refractivity contribution in [3.63, 3.8) is 0 Å². The molecule has 0 saturated heterocycles. The van der Waals surface area contributed by atoms with Gasteiger partial charge in [0.15, 0.2) is 0 Å². The van der Waals surface area contributed by atoms with Crippen molar-refractivity contribution in [3.8, 4) is 0 Å². The molecule has 2 aromatic heterocycles. The lowest BCUT2D eigenvalue weighted by Gasteiger charge is -1.84. The first-order valence-electron chi connectivity index (χ1n) is 4.44. The van der Waals surface area contributed by atoms with Gasteiger partial charge >= 0.3 is 0 Å². The minimum Gasteiger partial charge on any atom is -0.311 e. The van der Waals surface area contributed by atoms with Gasteiger partial charge in [0.1, 0.15) is 11.6 Å². The Morgan fingerprint density at radius 1 is 1.07 bits per heavy atom. The molecule has 15 heavy (non-hydrogen) atoms. The molecule has 78 valence electrons.